The van der Waals surface area contributed by atoms with Crippen LogP contribution in [0.3, 0.4) is 0 Å². The van der Waals surface area contributed by atoms with Crippen molar-refractivity contribution in [1.29, 1.82) is 21.0 Å². The Bertz CT molecular complexity index is 257. The van der Waals surface area contributed by atoms with Gasteiger partial charge in [0, 0.05) is 0 Å². The van der Waals surface area contributed by atoms with Crippen LogP contribution in [0.5, 0.6) is 0 Å². The van der Waals surface area contributed by atoms with Crippen molar-refractivity contribution in [3.05, 3.63) is 0 Å². The normalized spacial score (nSPS) is 8.92. The maximum Gasteiger partial charge on any atom is 0.237 e. The summed E-state index contributed by atoms with van der Waals surface area (Å²) in [6.45, 7) is 0. The molecule has 0 aliphatic carbocycles. The van der Waals surface area contributed by atoms with Gasteiger partial charge in [-0.1, -0.05) is 0 Å². The number of thiocyanates is 4. The van der Waals surface area contributed by atoms with E-state index in [1.165, 1.54) is 0 Å². The van der Waals surface area contributed by atoms with E-state index in [0.29, 0.717) is 47.8 Å². The van der Waals surface area contributed by atoms with Gasteiger partial charge < -0.3 is 0 Å². The molecule has 0 aromatic carbocycles. The van der Waals surface area contributed by atoms with Crippen LogP contribution in [0, 0.1) is 42.7 Å². The fourth-order valence-electron chi connectivity index (χ4n) is 0.312. The summed E-state index contributed by atoms with van der Waals surface area (Å²) in [6.07, 6.45) is 0. The van der Waals surface area contributed by atoms with Gasteiger partial charge in [0.05, 0.1) is 0 Å². The molecule has 9 heteroatoms. The van der Waals surface area contributed by atoms with Crippen LogP contribution in [-0.2, 0) is 0 Å². The van der Waals surface area contributed by atoms with E-state index < -0.39 is 2.10 Å². The molecule has 64 valence electrons. The third kappa shape index (κ3) is 4.19. The Morgan fingerprint density at radius 2 is 0.846 bits per heavy atom. The lowest BCUT2D eigenvalue weighted by molar-refractivity contribution is -0.265. The summed E-state index contributed by atoms with van der Waals surface area (Å²) in [5.74, 6) is 0. The predicted octanol–water partition coefficient (Wildman–Crippen LogP) is 2.32. The van der Waals surface area contributed by atoms with E-state index in [1.54, 1.807) is 21.6 Å². The van der Waals surface area contributed by atoms with Gasteiger partial charge in [0.1, 0.15) is 0 Å². The molecule has 0 heterocycles. The number of hydrogen-bond donors (Lipinski definition) is 0. The van der Waals surface area contributed by atoms with Crippen molar-refractivity contribution >= 4 is 47.8 Å². The van der Waals surface area contributed by atoms with Gasteiger partial charge >= 0.3 is 0 Å². The van der Waals surface area contributed by atoms with E-state index in [1.807, 2.05) is 0 Å². The van der Waals surface area contributed by atoms with Crippen molar-refractivity contribution in [2.45, 2.75) is 0 Å². The minimum atomic E-state index is -0.403. The lowest BCUT2D eigenvalue weighted by Gasteiger charge is -2.13. The monoisotopic (exact) mass is 246 g/mol. The first-order valence-electron chi connectivity index (χ1n) is 2.44. The van der Waals surface area contributed by atoms with Crippen molar-refractivity contribution in [2.24, 2.45) is 0 Å². The van der Waals surface area contributed by atoms with Gasteiger partial charge in [0.2, 0.25) is 47.8 Å². The van der Waals surface area contributed by atoms with Gasteiger partial charge in [-0.2, -0.15) is 21.0 Å². The zero-order valence-corrected chi connectivity index (χ0v) is 9.14. The summed E-state index contributed by atoms with van der Waals surface area (Å²) in [7, 11) is 0. The van der Waals surface area contributed by atoms with Crippen LogP contribution in [-0.4, -0.2) is 2.10 Å². The molecule has 0 aliphatic heterocycles. The smallest absolute Gasteiger partial charge is 0.179 e. The first kappa shape index (κ1) is 12.3. The molecule has 5 nitrogen and oxygen atoms in total. The fourth-order valence-corrected chi connectivity index (χ4v) is 2.81. The van der Waals surface area contributed by atoms with Crippen LogP contribution in [0.25, 0.3) is 0 Å². The molecule has 0 fully saturated rings. The van der Waals surface area contributed by atoms with Crippen molar-refractivity contribution < 1.29 is 2.10 Å². The highest BCUT2D eigenvalue weighted by Gasteiger charge is 2.39. The predicted molar refractivity (Wildman–Crippen MR) is 53.1 cm³/mol. The highest BCUT2D eigenvalue weighted by Crippen LogP contribution is 2.49. The summed E-state index contributed by atoms with van der Waals surface area (Å²) >= 11 is 2.65. The number of quaternary nitrogens is 1. The summed E-state index contributed by atoms with van der Waals surface area (Å²) in [6, 6.07) is 0. The molecule has 0 aliphatic rings. The maximum atomic E-state index is 8.41. The minimum absolute atomic E-state index is 0.403. The third-order valence-electron chi connectivity index (χ3n) is 0.611. The Morgan fingerprint density at radius 3 is 1.00 bits per heavy atom. The van der Waals surface area contributed by atoms with E-state index in [4.69, 9.17) is 21.0 Å². The minimum Gasteiger partial charge on any atom is -0.179 e. The van der Waals surface area contributed by atoms with E-state index in [0.717, 1.165) is 0 Å². The van der Waals surface area contributed by atoms with Crippen LogP contribution >= 0.6 is 47.8 Å². The lowest BCUT2D eigenvalue weighted by Crippen LogP contribution is -2.11. The van der Waals surface area contributed by atoms with Crippen LogP contribution in [0.15, 0.2) is 0 Å². The number of nitriles is 4. The van der Waals surface area contributed by atoms with E-state index >= 15 is 0 Å². The maximum absolute atomic E-state index is 8.41. The molecule has 0 aromatic heterocycles. The zero-order chi connectivity index (χ0) is 10.2. The number of hydrogen-bond acceptors (Lipinski definition) is 8. The van der Waals surface area contributed by atoms with Gasteiger partial charge in [-0.05, 0) is 2.10 Å². The lowest BCUT2D eigenvalue weighted by atomic mass is 11.8. The quantitative estimate of drug-likeness (QED) is 0.423. The first-order chi connectivity index (χ1) is 6.24. The average Bonchev–Trinajstić information content (AvgIpc) is 2.06. The Morgan fingerprint density at radius 1 is 0.615 bits per heavy atom. The summed E-state index contributed by atoms with van der Waals surface area (Å²) in [5.41, 5.74) is 0. The molecule has 13 heavy (non-hydrogen) atoms. The van der Waals surface area contributed by atoms with Crippen LogP contribution in [0.4, 0.5) is 0 Å². The van der Waals surface area contributed by atoms with E-state index in [9.17, 15) is 0 Å². The third-order valence-corrected chi connectivity index (χ3v) is 4.51. The van der Waals surface area contributed by atoms with Crippen molar-refractivity contribution in [2.75, 3.05) is 0 Å². The summed E-state index contributed by atoms with van der Waals surface area (Å²) in [4.78, 5) is 0. The van der Waals surface area contributed by atoms with Gasteiger partial charge in [-0.3, -0.25) is 0 Å². The van der Waals surface area contributed by atoms with Crippen molar-refractivity contribution in [3.63, 3.8) is 0 Å². The number of nitrogens with zero attached hydrogens (tertiary/aromatic N) is 5. The van der Waals surface area contributed by atoms with Gasteiger partial charge in [-0.25, -0.2) is 0 Å². The number of rotatable bonds is 4. The molecule has 0 spiro atoms. The molecular formula is C4N5S4+. The Labute approximate surface area is 92.4 Å². The molecule has 0 saturated heterocycles. The van der Waals surface area contributed by atoms with Crippen LogP contribution in [0.1, 0.15) is 0 Å². The molecule has 0 amide bonds. The fraction of sp³-hybridized carbons (Fsp3) is 0. The molecule has 0 N–H and O–H groups in total. The second-order valence-electron chi connectivity index (χ2n) is 1.18. The topological polar surface area (TPSA) is 95.2 Å². The Kier molecular flexibility index (Phi) is 6.44. The van der Waals surface area contributed by atoms with Crippen LogP contribution in [0.2, 0.25) is 0 Å². The molecule has 0 bridgehead atoms. The Balaban J connectivity index is 4.66. The second kappa shape index (κ2) is 6.80. The summed E-state index contributed by atoms with van der Waals surface area (Å²) < 4.78 is -0.403. The zero-order valence-electron chi connectivity index (χ0n) is 5.87. The van der Waals surface area contributed by atoms with Crippen molar-refractivity contribution in [1.82, 2.24) is 0 Å². The summed E-state index contributed by atoms with van der Waals surface area (Å²) in [5, 5.41) is 40.6. The van der Waals surface area contributed by atoms with Crippen molar-refractivity contribution in [3.8, 4) is 21.6 Å². The largest absolute Gasteiger partial charge is 0.237 e. The average molecular weight is 246 g/mol. The highest BCUT2D eigenvalue weighted by atomic mass is 32.3. The molecule has 0 atom stereocenters. The first-order valence-corrected chi connectivity index (χ1v) is 5.53. The second-order valence-corrected chi connectivity index (χ2v) is 6.22. The SMILES string of the molecule is N#CS[N+](SC#N)(SC#N)SC#N. The highest BCUT2D eigenvalue weighted by molar-refractivity contribution is 8.32. The van der Waals surface area contributed by atoms with Gasteiger partial charge in [0.15, 0.2) is 21.6 Å². The molecule has 0 unspecified atom stereocenters. The molecular weight excluding hydrogens is 246 g/mol. The standard InChI is InChI=1S/C4N5S4/c5-1-10-9(11-2-6,12-3-7)13-4-8/q+1. The van der Waals surface area contributed by atoms with Gasteiger partial charge in [-0.15, -0.1) is 0 Å². The molecule has 0 radical (unpaired) electrons. The van der Waals surface area contributed by atoms with E-state index in [2.05, 4.69) is 0 Å². The molecule has 0 saturated carbocycles. The Hall–Kier alpha value is -0.680. The molecule has 0 aromatic rings. The van der Waals surface area contributed by atoms with Gasteiger partial charge in [0.25, 0.3) is 0 Å². The van der Waals surface area contributed by atoms with Crippen LogP contribution < -0.4 is 0 Å². The molecule has 0 rings (SSSR count). The van der Waals surface area contributed by atoms with E-state index in [-0.39, 0.29) is 0 Å².